The molecular weight excluding hydrogens is 1630 g/mol. The molecule has 123 heavy (non-hydrogen) atoms. The molecule has 0 saturated carbocycles. The lowest BCUT2D eigenvalue weighted by atomic mass is 9.90. The summed E-state index contributed by atoms with van der Waals surface area (Å²) in [5.74, 6) is -22.0. The monoisotopic (exact) mass is 1770 g/mol. The first-order chi connectivity index (χ1) is 58.4. The summed E-state index contributed by atoms with van der Waals surface area (Å²) in [6.07, 6.45) is 9.16. The molecule has 2 aliphatic heterocycles. The van der Waals surface area contributed by atoms with Crippen LogP contribution in [0.15, 0.2) is 36.4 Å². The van der Waals surface area contributed by atoms with E-state index in [0.717, 1.165) is 78.7 Å². The van der Waals surface area contributed by atoms with Gasteiger partial charge in [-0.25, -0.2) is 4.79 Å². The van der Waals surface area contributed by atoms with Crippen molar-refractivity contribution in [3.8, 4) is 0 Å². The second kappa shape index (κ2) is 57.2. The number of amides is 11. The number of unbranched alkanes of at least 4 members (excludes halogenated alkanes) is 14. The second-order valence-corrected chi connectivity index (χ2v) is 35.1. The molecule has 1 fully saturated rings. The predicted molar refractivity (Wildman–Crippen MR) is 462 cm³/mol. The SMILES string of the molecule is CCCCCCCCCCCCCCCCCC(=O)NCCC(=O)N[C@@H](CC(C)C)C(=O)C[C@@H](CCC(N)O)C(=O)N[C@H]1CSCc2cc3ccccc3cc2CSC[C@@H](C(=O)N[C@@H](CC(C)C)C(=O)N2CCC[C@H]2C(=O)O)NC(=O)[C@H](CCC(=O)O)NC(=O)CNC(=O)[C@H]([C@@H](C)O)NC(=O)[C@H](CCC(=O)O)CC(=O)[C@H](C)NC(=O)[C@H](CC(=O)O)NC1=O. The molecular formula is C86H134N12O23S2. The van der Waals surface area contributed by atoms with Crippen LogP contribution < -0.4 is 58.9 Å². The molecule has 35 nitrogen and oxygen atoms in total. The molecule has 2 heterocycles. The maximum absolute atomic E-state index is 15.1. The van der Waals surface area contributed by atoms with Crippen LogP contribution in [0, 0.1) is 23.7 Å². The van der Waals surface area contributed by atoms with Crippen molar-refractivity contribution in [2.45, 2.75) is 319 Å². The van der Waals surface area contributed by atoms with Gasteiger partial charge in [0.05, 0.1) is 31.2 Å². The quantitative estimate of drug-likeness (QED) is 0.0304. The van der Waals surface area contributed by atoms with Crippen LogP contribution in [0.5, 0.6) is 0 Å². The number of nitrogens with one attached hydrogen (secondary N) is 10. The summed E-state index contributed by atoms with van der Waals surface area (Å²) in [5.41, 5.74) is 7.01. The van der Waals surface area contributed by atoms with Gasteiger partial charge in [0.15, 0.2) is 11.6 Å². The molecule has 2 aromatic carbocycles. The molecule has 4 rings (SSSR count). The first-order valence-electron chi connectivity index (χ1n) is 43.3. The van der Waals surface area contributed by atoms with Crippen LogP contribution in [0.4, 0.5) is 0 Å². The highest BCUT2D eigenvalue weighted by atomic mass is 32.2. The van der Waals surface area contributed by atoms with E-state index in [1.807, 2.05) is 24.3 Å². The summed E-state index contributed by atoms with van der Waals surface area (Å²) in [7, 11) is 0. The molecule has 1 saturated heterocycles. The van der Waals surface area contributed by atoms with Gasteiger partial charge in [-0.15, -0.1) is 0 Å². The fourth-order valence-corrected chi connectivity index (χ4v) is 16.7. The number of Topliss-reactive ketones (excluding diaryl/α,β-unsaturated/α-hetero) is 2. The van der Waals surface area contributed by atoms with Crippen molar-refractivity contribution in [1.29, 1.82) is 0 Å². The highest BCUT2D eigenvalue weighted by Crippen LogP contribution is 2.30. The third-order valence-electron chi connectivity index (χ3n) is 21.5. The van der Waals surface area contributed by atoms with E-state index in [1.54, 1.807) is 39.8 Å². The van der Waals surface area contributed by atoms with E-state index in [0.29, 0.717) is 24.0 Å². The largest absolute Gasteiger partial charge is 0.481 e. The molecule has 688 valence electrons. The van der Waals surface area contributed by atoms with Gasteiger partial charge in [-0.05, 0) is 105 Å². The molecule has 37 heteroatoms. The van der Waals surface area contributed by atoms with E-state index in [-0.39, 0.29) is 98.8 Å². The van der Waals surface area contributed by atoms with Crippen molar-refractivity contribution in [2.24, 2.45) is 29.4 Å². The number of carboxylic acids is 4. The molecule has 0 aromatic heterocycles. The Kier molecular flexibility index (Phi) is 49.3. The van der Waals surface area contributed by atoms with E-state index < -0.39 is 225 Å². The fraction of sp³-hybridized carbons (Fsp3) is 0.686. The number of hydrogen-bond acceptors (Lipinski definition) is 22. The van der Waals surface area contributed by atoms with Crippen molar-refractivity contribution in [2.75, 3.05) is 31.1 Å². The van der Waals surface area contributed by atoms with Gasteiger partial charge in [-0.3, -0.25) is 76.7 Å². The zero-order valence-electron chi connectivity index (χ0n) is 72.3. The third-order valence-corrected chi connectivity index (χ3v) is 23.6. The number of carbonyl (C=O) groups is 17. The van der Waals surface area contributed by atoms with E-state index in [1.165, 1.54) is 64.2 Å². The minimum absolute atomic E-state index is 0.000659. The normalized spacial score (nSPS) is 20.9. The summed E-state index contributed by atoms with van der Waals surface area (Å²) in [6.45, 7) is 10.6. The molecule has 0 radical (unpaired) electrons. The van der Waals surface area contributed by atoms with Crippen molar-refractivity contribution < 1.29 is 112 Å². The number of nitrogens with zero attached hydrogens (tertiary/aromatic N) is 1. The minimum Gasteiger partial charge on any atom is -0.481 e. The Labute approximate surface area is 728 Å². The number of rotatable bonds is 45. The van der Waals surface area contributed by atoms with Crippen molar-refractivity contribution >= 4 is 135 Å². The highest BCUT2D eigenvalue weighted by molar-refractivity contribution is 7.99. The lowest BCUT2D eigenvalue weighted by molar-refractivity contribution is -0.149. The molecule has 0 aliphatic carbocycles. The zero-order valence-corrected chi connectivity index (χ0v) is 73.9. The van der Waals surface area contributed by atoms with E-state index in [9.17, 15) is 103 Å². The summed E-state index contributed by atoms with van der Waals surface area (Å²) in [6, 6.07) is -3.59. The van der Waals surface area contributed by atoms with Crippen LogP contribution in [0.3, 0.4) is 0 Å². The number of likely N-dealkylation sites (tertiary alicyclic amines) is 1. The Balaban J connectivity index is 1.77. The molecule has 2 aromatic rings. The summed E-state index contributed by atoms with van der Waals surface area (Å²) in [4.78, 5) is 235. The van der Waals surface area contributed by atoms with Gasteiger partial charge >= 0.3 is 23.9 Å². The molecule has 1 unspecified atom stereocenters. The number of aliphatic hydroxyl groups excluding tert-OH is 2. The first kappa shape index (κ1) is 106. The first-order valence-corrected chi connectivity index (χ1v) is 45.7. The number of carbonyl (C=O) groups excluding carboxylic acids is 13. The summed E-state index contributed by atoms with van der Waals surface area (Å²) in [5, 5.41) is 87.6. The third kappa shape index (κ3) is 41.4. The van der Waals surface area contributed by atoms with Crippen LogP contribution in [0.1, 0.15) is 252 Å². The topological polar surface area (TPSA) is 561 Å². The zero-order chi connectivity index (χ0) is 91.3. The smallest absolute Gasteiger partial charge is 0.326 e. The Morgan fingerprint density at radius 2 is 1.15 bits per heavy atom. The number of aliphatic hydroxyl groups is 2. The Hall–Kier alpha value is -9.33. The molecule has 11 amide bonds. The second-order valence-electron chi connectivity index (χ2n) is 33.1. The highest BCUT2D eigenvalue weighted by Gasteiger charge is 2.41. The van der Waals surface area contributed by atoms with Crippen molar-refractivity contribution in [3.63, 3.8) is 0 Å². The number of fused-ring (bicyclic) bond motifs is 2. The Morgan fingerprint density at radius 1 is 0.593 bits per heavy atom. The van der Waals surface area contributed by atoms with Gasteiger partial charge < -0.3 is 94.4 Å². The van der Waals surface area contributed by atoms with E-state index >= 15 is 9.59 Å². The van der Waals surface area contributed by atoms with Gasteiger partial charge in [0.1, 0.15) is 48.5 Å². The van der Waals surface area contributed by atoms with Crippen molar-refractivity contribution in [1.82, 2.24) is 58.1 Å². The van der Waals surface area contributed by atoms with Crippen LogP contribution in [0.2, 0.25) is 0 Å². The summed E-state index contributed by atoms with van der Waals surface area (Å²) >= 11 is 2.13. The number of hydrogen-bond donors (Lipinski definition) is 17. The van der Waals surface area contributed by atoms with Crippen LogP contribution in [-0.2, 0) is 93.0 Å². The Bertz CT molecular complexity index is 3850. The van der Waals surface area contributed by atoms with Gasteiger partial charge in [0.25, 0.3) is 0 Å². The Morgan fingerprint density at radius 3 is 1.71 bits per heavy atom. The van der Waals surface area contributed by atoms with Gasteiger partial charge in [-0.2, -0.15) is 23.5 Å². The maximum atomic E-state index is 15.1. The lowest BCUT2D eigenvalue weighted by Gasteiger charge is -2.30. The number of ketones is 2. The average Bonchev–Trinajstić information content (AvgIpc) is 1.77. The maximum Gasteiger partial charge on any atom is 0.326 e. The predicted octanol–water partition coefficient (Wildman–Crippen LogP) is 5.06. The van der Waals surface area contributed by atoms with Gasteiger partial charge in [0, 0.05) is 86.5 Å². The number of benzene rings is 2. The number of aliphatic carboxylic acids is 4. The number of thioether (sulfide) groups is 2. The standard InChI is InChI=1S/C86H134N12O23S2/c1-8-9-10-11-12-13-14-15-16-17-18-19-20-21-22-29-71(103)88-37-36-72(104)92-62(39-51(2)3)69(101)44-57(30-33-70(87)102)78(112)95-65-49-122-47-59-41-55-26-23-24-27-56(55)42-60(59)48-123-50-66(83(117)94-64(40-52(4)5)85(119)98-38-25-28-67(98)86(120)121)96-80(114)61(32-35-75(108)109)91-73(105)46-89-84(118)77(54(7)99)97-79(113)58(31-34-74(106)107)43-68(100)53(6)90-81(115)63(45-76(110)111)93-82(65)116/h23-24,26-27,41-42,51-54,57-58,61-67,70,77,99,102H,8-22,25,28-40,43-50,87H2,1-7H3,(H,88,103)(H,89,118)(H,90,115)(H,91,105)(H,92,104)(H,93,116)(H,94,117)(H,95,112)(H,96,114)(H,97,113)(H,106,107)(H,108,109)(H,110,111)(H,120,121)/t53-,54+,57+,58+,61-,62-,63-,64-,65-,66-,67-,70?,77-/m0/s1. The number of nitrogens with two attached hydrogens (primary N) is 1. The van der Waals surface area contributed by atoms with Crippen LogP contribution >= 0.6 is 23.5 Å². The molecule has 0 bridgehead atoms. The van der Waals surface area contributed by atoms with Gasteiger partial charge in [0.2, 0.25) is 65.0 Å². The molecule has 13 atom stereocenters. The fourth-order valence-electron chi connectivity index (χ4n) is 14.5. The average molecular weight is 1770 g/mol. The minimum atomic E-state index is -2.03. The van der Waals surface area contributed by atoms with E-state index in [4.69, 9.17) is 5.73 Å². The number of carboxylic acid groups (broad SMARTS) is 4. The van der Waals surface area contributed by atoms with Crippen LogP contribution in [-0.4, -0.2) is 234 Å². The molecule has 2 aliphatic rings. The molecule has 18 N–H and O–H groups in total. The molecule has 0 spiro atoms. The lowest BCUT2D eigenvalue weighted by Crippen LogP contribution is -2.59. The van der Waals surface area contributed by atoms with Crippen molar-refractivity contribution in [3.05, 3.63) is 47.5 Å². The van der Waals surface area contributed by atoms with E-state index in [2.05, 4.69) is 60.1 Å². The van der Waals surface area contributed by atoms with Gasteiger partial charge in [-0.1, -0.05) is 161 Å². The summed E-state index contributed by atoms with van der Waals surface area (Å²) < 4.78 is 0. The van der Waals surface area contributed by atoms with Crippen LogP contribution in [0.25, 0.3) is 10.8 Å².